The van der Waals surface area contributed by atoms with Crippen LogP contribution in [0, 0.1) is 16.7 Å². The van der Waals surface area contributed by atoms with Gasteiger partial charge in [0.05, 0.1) is 10.5 Å². The van der Waals surface area contributed by atoms with E-state index >= 15 is 0 Å². The molecule has 0 aliphatic heterocycles. The first-order valence-corrected chi connectivity index (χ1v) is 4.10. The molecular weight excluding hydrogens is 214 g/mol. The van der Waals surface area contributed by atoms with E-state index < -0.39 is 17.6 Å². The molecule has 7 nitrogen and oxygen atoms in total. The number of hydrogen-bond acceptors (Lipinski definition) is 5. The minimum atomic E-state index is -0.792. The average molecular weight is 221 g/mol. The van der Waals surface area contributed by atoms with Crippen molar-refractivity contribution in [3.05, 3.63) is 45.3 Å². The SMILES string of the molecule is [C-]#[N+]COC(=O)c1ccc(N)c([N+](=O)[O-])c1. The van der Waals surface area contributed by atoms with Crippen molar-refractivity contribution in [2.45, 2.75) is 0 Å². The lowest BCUT2D eigenvalue weighted by Crippen LogP contribution is -2.06. The third-order valence-corrected chi connectivity index (χ3v) is 1.72. The summed E-state index contributed by atoms with van der Waals surface area (Å²) in [5.74, 6) is -0.792. The summed E-state index contributed by atoms with van der Waals surface area (Å²) in [5, 5.41) is 10.5. The van der Waals surface area contributed by atoms with Crippen molar-refractivity contribution in [3.63, 3.8) is 0 Å². The van der Waals surface area contributed by atoms with Crippen LogP contribution in [0.2, 0.25) is 0 Å². The van der Waals surface area contributed by atoms with Gasteiger partial charge >= 0.3 is 12.7 Å². The maximum Gasteiger partial charge on any atom is 0.359 e. The van der Waals surface area contributed by atoms with Crippen LogP contribution < -0.4 is 5.73 Å². The van der Waals surface area contributed by atoms with Gasteiger partial charge in [-0.15, -0.1) is 0 Å². The zero-order valence-corrected chi connectivity index (χ0v) is 8.04. The zero-order chi connectivity index (χ0) is 12.1. The Bertz CT molecular complexity index is 478. The highest BCUT2D eigenvalue weighted by Crippen LogP contribution is 2.22. The number of ether oxygens (including phenoxy) is 1. The molecule has 1 aromatic carbocycles. The Hall–Kier alpha value is -2.62. The van der Waals surface area contributed by atoms with E-state index in [4.69, 9.17) is 12.3 Å². The lowest BCUT2D eigenvalue weighted by atomic mass is 10.2. The van der Waals surface area contributed by atoms with Crippen molar-refractivity contribution in [1.29, 1.82) is 0 Å². The van der Waals surface area contributed by atoms with Crippen LogP contribution in [-0.2, 0) is 4.74 Å². The molecule has 0 spiro atoms. The molecule has 0 bridgehead atoms. The second kappa shape index (κ2) is 4.75. The summed E-state index contributed by atoms with van der Waals surface area (Å²) in [4.78, 5) is 23.9. The van der Waals surface area contributed by atoms with E-state index in [-0.39, 0.29) is 16.9 Å². The molecule has 0 radical (unpaired) electrons. The number of benzene rings is 1. The van der Waals surface area contributed by atoms with Crippen LogP contribution >= 0.6 is 0 Å². The van der Waals surface area contributed by atoms with E-state index in [1.807, 2.05) is 0 Å². The lowest BCUT2D eigenvalue weighted by molar-refractivity contribution is -0.383. The summed E-state index contributed by atoms with van der Waals surface area (Å²) in [6.45, 7) is 6.00. The number of nitro benzene ring substituents is 1. The zero-order valence-electron chi connectivity index (χ0n) is 8.04. The van der Waals surface area contributed by atoms with E-state index in [1.54, 1.807) is 0 Å². The third-order valence-electron chi connectivity index (χ3n) is 1.72. The Morgan fingerprint density at radius 1 is 1.62 bits per heavy atom. The Morgan fingerprint density at radius 2 is 2.31 bits per heavy atom. The molecule has 0 amide bonds. The molecule has 0 fully saturated rings. The standard InChI is InChI=1S/C9H7N3O4/c1-11-5-16-9(13)6-2-3-7(10)8(4-6)12(14)15/h2-4H,5,10H2. The van der Waals surface area contributed by atoms with Gasteiger partial charge in [0.2, 0.25) is 0 Å². The molecular formula is C9H7N3O4. The topological polar surface area (TPSA) is 99.8 Å². The molecule has 2 N–H and O–H groups in total. The molecule has 82 valence electrons. The third kappa shape index (κ3) is 2.45. The Labute approximate surface area is 90.4 Å². The smallest absolute Gasteiger partial charge is 0.359 e. The van der Waals surface area contributed by atoms with Crippen molar-refractivity contribution >= 4 is 17.3 Å². The highest BCUT2D eigenvalue weighted by atomic mass is 16.6. The fourth-order valence-electron chi connectivity index (χ4n) is 1.00. The van der Waals surface area contributed by atoms with Crippen LogP contribution in [0.4, 0.5) is 11.4 Å². The molecule has 0 unspecified atom stereocenters. The van der Waals surface area contributed by atoms with Gasteiger partial charge in [-0.05, 0) is 12.1 Å². The molecule has 0 aliphatic rings. The van der Waals surface area contributed by atoms with Crippen molar-refractivity contribution in [2.24, 2.45) is 0 Å². The second-order valence-electron chi connectivity index (χ2n) is 2.75. The molecule has 0 atom stereocenters. The van der Waals surface area contributed by atoms with Crippen LogP contribution in [0.15, 0.2) is 18.2 Å². The minimum Gasteiger partial charge on any atom is -0.393 e. The van der Waals surface area contributed by atoms with Gasteiger partial charge in [0.25, 0.3) is 5.69 Å². The van der Waals surface area contributed by atoms with E-state index in [9.17, 15) is 14.9 Å². The normalized spacial score (nSPS) is 9.19. The number of nitrogens with zero attached hydrogens (tertiary/aromatic N) is 2. The van der Waals surface area contributed by atoms with E-state index in [0.29, 0.717) is 0 Å². The summed E-state index contributed by atoms with van der Waals surface area (Å²) >= 11 is 0. The molecule has 0 aromatic heterocycles. The number of carbonyl (C=O) groups excluding carboxylic acids is 1. The maximum atomic E-state index is 11.3. The molecule has 0 saturated heterocycles. The molecule has 0 aliphatic carbocycles. The number of anilines is 1. The first-order chi connectivity index (χ1) is 7.56. The predicted molar refractivity (Wildman–Crippen MR) is 54.4 cm³/mol. The monoisotopic (exact) mass is 221 g/mol. The first kappa shape index (κ1) is 11.5. The molecule has 0 heterocycles. The molecule has 7 heteroatoms. The number of rotatable bonds is 3. The average Bonchev–Trinajstić information content (AvgIpc) is 2.26. The van der Waals surface area contributed by atoms with Crippen molar-refractivity contribution in [1.82, 2.24) is 0 Å². The van der Waals surface area contributed by atoms with Gasteiger partial charge in [0.1, 0.15) is 5.69 Å². The summed E-state index contributed by atoms with van der Waals surface area (Å²) in [6.07, 6.45) is 0. The van der Waals surface area contributed by atoms with Crippen LogP contribution in [0.1, 0.15) is 10.4 Å². The van der Waals surface area contributed by atoms with Crippen LogP contribution in [0.25, 0.3) is 4.85 Å². The molecule has 1 aromatic rings. The van der Waals surface area contributed by atoms with E-state index in [0.717, 1.165) is 6.07 Å². The predicted octanol–water partition coefficient (Wildman–Crippen LogP) is 1.21. The number of hydrogen-bond donors (Lipinski definition) is 1. The summed E-state index contributed by atoms with van der Waals surface area (Å²) in [6, 6.07) is 3.56. The fraction of sp³-hybridized carbons (Fsp3) is 0.111. The number of nitrogen functional groups attached to an aromatic ring is 1. The second-order valence-corrected chi connectivity index (χ2v) is 2.75. The van der Waals surface area contributed by atoms with Crippen molar-refractivity contribution in [2.75, 3.05) is 12.5 Å². The number of esters is 1. The highest BCUT2D eigenvalue weighted by Gasteiger charge is 2.16. The van der Waals surface area contributed by atoms with Crippen LogP contribution in [0.5, 0.6) is 0 Å². The maximum absolute atomic E-state index is 11.3. The molecule has 1 rings (SSSR count). The summed E-state index contributed by atoms with van der Waals surface area (Å²) in [7, 11) is 0. The molecule has 0 saturated carbocycles. The molecule has 16 heavy (non-hydrogen) atoms. The van der Waals surface area contributed by atoms with Gasteiger partial charge in [-0.1, -0.05) is 0 Å². The number of nitrogens with two attached hydrogens (primary N) is 1. The van der Waals surface area contributed by atoms with Gasteiger partial charge in [-0.2, -0.15) is 0 Å². The number of nitro groups is 1. The van der Waals surface area contributed by atoms with Crippen molar-refractivity contribution in [3.8, 4) is 0 Å². The largest absolute Gasteiger partial charge is 0.393 e. The van der Waals surface area contributed by atoms with Gasteiger partial charge in [0, 0.05) is 6.07 Å². The Morgan fingerprint density at radius 3 is 2.88 bits per heavy atom. The van der Waals surface area contributed by atoms with Gasteiger partial charge in [-0.25, -0.2) is 11.4 Å². The quantitative estimate of drug-likeness (QED) is 0.272. The minimum absolute atomic E-state index is 0.00968. The van der Waals surface area contributed by atoms with Gasteiger partial charge in [0.15, 0.2) is 0 Å². The summed E-state index contributed by atoms with van der Waals surface area (Å²) in [5.41, 5.74) is 4.94. The Kier molecular flexibility index (Phi) is 3.40. The van der Waals surface area contributed by atoms with E-state index in [1.165, 1.54) is 12.1 Å². The van der Waals surface area contributed by atoms with E-state index in [2.05, 4.69) is 9.58 Å². The van der Waals surface area contributed by atoms with Crippen LogP contribution in [-0.4, -0.2) is 17.6 Å². The first-order valence-electron chi connectivity index (χ1n) is 4.10. The Balaban J connectivity index is 2.99. The van der Waals surface area contributed by atoms with Gasteiger partial charge < -0.3 is 10.5 Å². The summed E-state index contributed by atoms with van der Waals surface area (Å²) < 4.78 is 4.50. The lowest BCUT2D eigenvalue weighted by Gasteiger charge is -2.00. The number of carbonyl (C=O) groups is 1. The van der Waals surface area contributed by atoms with Crippen LogP contribution in [0.3, 0.4) is 0 Å². The highest BCUT2D eigenvalue weighted by molar-refractivity contribution is 5.91. The van der Waals surface area contributed by atoms with Gasteiger partial charge in [-0.3, -0.25) is 15.0 Å². The van der Waals surface area contributed by atoms with Crippen molar-refractivity contribution < 1.29 is 14.5 Å². The fourth-order valence-corrected chi connectivity index (χ4v) is 1.00.